The molecule has 0 fully saturated rings. The van der Waals surface area contributed by atoms with E-state index in [0.717, 1.165) is 0 Å². The molecule has 0 spiro atoms. The number of furan rings is 1. The van der Waals surface area contributed by atoms with Crippen LogP contribution in [0.2, 0.25) is 0 Å². The number of aryl methyl sites for hydroxylation is 1. The molecule has 0 unspecified atom stereocenters. The van der Waals surface area contributed by atoms with Gasteiger partial charge in [-0.25, -0.2) is 0 Å². The van der Waals surface area contributed by atoms with Crippen LogP contribution in [0.25, 0.3) is 0 Å². The van der Waals surface area contributed by atoms with Crippen molar-refractivity contribution in [2.24, 2.45) is 0 Å². The third kappa shape index (κ3) is 3.46. The predicted molar refractivity (Wildman–Crippen MR) is 82.3 cm³/mol. The first-order chi connectivity index (χ1) is 11.1. The molecule has 23 heavy (non-hydrogen) atoms. The summed E-state index contributed by atoms with van der Waals surface area (Å²) in [6.07, 6.45) is 1.42. The van der Waals surface area contributed by atoms with E-state index in [4.69, 9.17) is 8.94 Å². The number of rotatable bonds is 4. The lowest BCUT2D eigenvalue weighted by Crippen LogP contribution is -2.13. The van der Waals surface area contributed by atoms with E-state index in [1.54, 1.807) is 49.4 Å². The summed E-state index contributed by atoms with van der Waals surface area (Å²) in [6.45, 7) is 1.74. The third-order valence-electron chi connectivity index (χ3n) is 3.02. The molecule has 0 aliphatic heterocycles. The van der Waals surface area contributed by atoms with Gasteiger partial charge in [0.25, 0.3) is 11.8 Å². The van der Waals surface area contributed by atoms with Crippen LogP contribution in [0.4, 0.5) is 11.5 Å². The van der Waals surface area contributed by atoms with Gasteiger partial charge in [0.05, 0.1) is 6.26 Å². The lowest BCUT2D eigenvalue weighted by Gasteiger charge is -2.05. The first-order valence-corrected chi connectivity index (χ1v) is 6.81. The molecule has 7 nitrogen and oxygen atoms in total. The minimum atomic E-state index is -0.356. The molecule has 116 valence electrons. The fourth-order valence-corrected chi connectivity index (χ4v) is 1.92. The maximum Gasteiger partial charge on any atom is 0.291 e. The summed E-state index contributed by atoms with van der Waals surface area (Å²) in [5.41, 5.74) is 0.988. The van der Waals surface area contributed by atoms with Gasteiger partial charge in [0.1, 0.15) is 5.76 Å². The Morgan fingerprint density at radius 2 is 1.83 bits per heavy atom. The van der Waals surface area contributed by atoms with E-state index in [9.17, 15) is 9.59 Å². The number of anilines is 2. The number of nitrogens with one attached hydrogen (secondary N) is 2. The first-order valence-electron chi connectivity index (χ1n) is 6.81. The number of aromatic nitrogens is 1. The van der Waals surface area contributed by atoms with E-state index < -0.39 is 0 Å². The van der Waals surface area contributed by atoms with Crippen molar-refractivity contribution in [1.29, 1.82) is 0 Å². The molecule has 2 N–H and O–H groups in total. The fraction of sp³-hybridized carbons (Fsp3) is 0.0625. The minimum Gasteiger partial charge on any atom is -0.459 e. The highest BCUT2D eigenvalue weighted by Gasteiger charge is 2.11. The van der Waals surface area contributed by atoms with Crippen LogP contribution in [-0.2, 0) is 0 Å². The summed E-state index contributed by atoms with van der Waals surface area (Å²) in [5, 5.41) is 8.98. The van der Waals surface area contributed by atoms with E-state index in [1.165, 1.54) is 6.26 Å². The number of nitrogens with zero attached hydrogens (tertiary/aromatic N) is 1. The molecule has 0 radical (unpaired) electrons. The molecule has 7 heteroatoms. The largest absolute Gasteiger partial charge is 0.459 e. The Labute approximate surface area is 131 Å². The van der Waals surface area contributed by atoms with Gasteiger partial charge in [-0.1, -0.05) is 5.16 Å². The lowest BCUT2D eigenvalue weighted by molar-refractivity contribution is 0.0995. The topological polar surface area (TPSA) is 97.4 Å². The maximum absolute atomic E-state index is 12.0. The molecule has 2 aromatic heterocycles. The summed E-state index contributed by atoms with van der Waals surface area (Å²) >= 11 is 0. The van der Waals surface area contributed by atoms with E-state index in [0.29, 0.717) is 22.8 Å². The zero-order chi connectivity index (χ0) is 16.2. The molecule has 3 aromatic rings. The highest BCUT2D eigenvalue weighted by atomic mass is 16.5. The highest BCUT2D eigenvalue weighted by molar-refractivity contribution is 6.05. The van der Waals surface area contributed by atoms with Crippen LogP contribution >= 0.6 is 0 Å². The number of carbonyl (C=O) groups is 2. The Morgan fingerprint density at radius 3 is 2.43 bits per heavy atom. The molecule has 0 saturated heterocycles. The minimum absolute atomic E-state index is 0.216. The van der Waals surface area contributed by atoms with Crippen LogP contribution in [0, 0.1) is 6.92 Å². The number of hydrogen-bond acceptors (Lipinski definition) is 5. The second kappa shape index (κ2) is 6.18. The van der Waals surface area contributed by atoms with Crippen molar-refractivity contribution < 1.29 is 18.5 Å². The van der Waals surface area contributed by atoms with Crippen molar-refractivity contribution in [3.63, 3.8) is 0 Å². The van der Waals surface area contributed by atoms with Crippen LogP contribution in [0.3, 0.4) is 0 Å². The molecule has 0 bridgehead atoms. The fourth-order valence-electron chi connectivity index (χ4n) is 1.92. The van der Waals surface area contributed by atoms with Crippen LogP contribution in [0.5, 0.6) is 0 Å². The van der Waals surface area contributed by atoms with E-state index in [2.05, 4.69) is 15.8 Å². The summed E-state index contributed by atoms with van der Waals surface area (Å²) in [4.78, 5) is 23.9. The van der Waals surface area contributed by atoms with Gasteiger partial charge >= 0.3 is 0 Å². The summed E-state index contributed by atoms with van der Waals surface area (Å²) in [6, 6.07) is 11.3. The summed E-state index contributed by atoms with van der Waals surface area (Å²) < 4.78 is 9.88. The van der Waals surface area contributed by atoms with Gasteiger partial charge in [0, 0.05) is 17.3 Å². The molecule has 0 saturated carbocycles. The Bertz CT molecular complexity index is 819. The summed E-state index contributed by atoms with van der Waals surface area (Å²) in [5.74, 6) is 0.500. The highest BCUT2D eigenvalue weighted by Crippen LogP contribution is 2.14. The normalized spacial score (nSPS) is 10.3. The molecule has 1 aromatic carbocycles. The van der Waals surface area contributed by atoms with Gasteiger partial charge in [-0.15, -0.1) is 0 Å². The Morgan fingerprint density at radius 1 is 1.04 bits per heavy atom. The quantitative estimate of drug-likeness (QED) is 0.771. The van der Waals surface area contributed by atoms with Crippen molar-refractivity contribution in [3.05, 3.63) is 65.8 Å². The van der Waals surface area contributed by atoms with Gasteiger partial charge < -0.3 is 19.6 Å². The average molecular weight is 311 g/mol. The molecule has 2 heterocycles. The van der Waals surface area contributed by atoms with Gasteiger partial charge in [-0.3, -0.25) is 9.59 Å². The second-order valence-electron chi connectivity index (χ2n) is 4.79. The van der Waals surface area contributed by atoms with Gasteiger partial charge in [-0.2, -0.15) is 0 Å². The molecule has 0 aliphatic carbocycles. The first kappa shape index (κ1) is 14.6. The van der Waals surface area contributed by atoms with Gasteiger partial charge in [0.2, 0.25) is 0 Å². The van der Waals surface area contributed by atoms with Crippen molar-refractivity contribution in [2.45, 2.75) is 6.92 Å². The molecule has 2 amide bonds. The van der Waals surface area contributed by atoms with Gasteiger partial charge in [0.15, 0.2) is 11.6 Å². The van der Waals surface area contributed by atoms with E-state index in [1.807, 2.05) is 0 Å². The molecule has 0 aliphatic rings. The molecular weight excluding hydrogens is 298 g/mol. The van der Waals surface area contributed by atoms with Crippen molar-refractivity contribution in [2.75, 3.05) is 10.6 Å². The van der Waals surface area contributed by atoms with E-state index >= 15 is 0 Å². The predicted octanol–water partition coefficient (Wildman–Crippen LogP) is 3.08. The zero-order valence-corrected chi connectivity index (χ0v) is 12.2. The SMILES string of the molecule is Cc1cc(NC(=O)c2ccc(NC(=O)c3ccco3)cc2)no1. The Hall–Kier alpha value is -3.35. The number of benzene rings is 1. The number of carbonyl (C=O) groups excluding carboxylic acids is 2. The Balaban J connectivity index is 1.64. The van der Waals surface area contributed by atoms with Crippen molar-refractivity contribution >= 4 is 23.3 Å². The number of hydrogen-bond donors (Lipinski definition) is 2. The smallest absolute Gasteiger partial charge is 0.291 e. The molecular formula is C16H13N3O4. The van der Waals surface area contributed by atoms with Crippen LogP contribution in [-0.4, -0.2) is 17.0 Å². The second-order valence-corrected chi connectivity index (χ2v) is 4.79. The average Bonchev–Trinajstić information content (AvgIpc) is 3.20. The van der Waals surface area contributed by atoms with Crippen LogP contribution < -0.4 is 10.6 Å². The lowest BCUT2D eigenvalue weighted by atomic mass is 10.2. The van der Waals surface area contributed by atoms with Crippen LogP contribution in [0.1, 0.15) is 26.7 Å². The van der Waals surface area contributed by atoms with Gasteiger partial charge in [-0.05, 0) is 43.3 Å². The summed E-state index contributed by atoms with van der Waals surface area (Å²) in [7, 11) is 0. The molecule has 0 atom stereocenters. The monoisotopic (exact) mass is 311 g/mol. The number of amides is 2. The zero-order valence-electron chi connectivity index (χ0n) is 12.2. The third-order valence-corrected chi connectivity index (χ3v) is 3.02. The standard InChI is InChI=1S/C16H13N3O4/c1-10-9-14(19-23-10)18-15(20)11-4-6-12(7-5-11)17-16(21)13-3-2-8-22-13/h2-9H,1H3,(H,17,21)(H,18,19,20). The van der Waals surface area contributed by atoms with E-state index in [-0.39, 0.29) is 17.6 Å². The van der Waals surface area contributed by atoms with Crippen molar-refractivity contribution in [3.8, 4) is 0 Å². The Kier molecular flexibility index (Phi) is 3.92. The maximum atomic E-state index is 12.0. The van der Waals surface area contributed by atoms with Crippen LogP contribution in [0.15, 0.2) is 57.7 Å². The van der Waals surface area contributed by atoms with Crippen molar-refractivity contribution in [1.82, 2.24) is 5.16 Å². The molecule has 3 rings (SSSR count).